The van der Waals surface area contributed by atoms with Gasteiger partial charge < -0.3 is 14.5 Å². The highest BCUT2D eigenvalue weighted by Crippen LogP contribution is 2.29. The van der Waals surface area contributed by atoms with Gasteiger partial charge in [-0.05, 0) is 25.6 Å². The molecular weight excluding hydrogens is 350 g/mol. The van der Waals surface area contributed by atoms with Crippen LogP contribution in [0.2, 0.25) is 0 Å². The Hall–Kier alpha value is -2.06. The summed E-state index contributed by atoms with van der Waals surface area (Å²) in [6, 6.07) is 7.70. The van der Waals surface area contributed by atoms with E-state index in [-0.39, 0.29) is 11.2 Å². The Kier molecular flexibility index (Phi) is 6.16. The Labute approximate surface area is 158 Å². The van der Waals surface area contributed by atoms with Crippen molar-refractivity contribution < 1.29 is 9.53 Å². The number of aromatic nitrogens is 3. The monoisotopic (exact) mass is 375 g/mol. The highest BCUT2D eigenvalue weighted by molar-refractivity contribution is 8.00. The van der Waals surface area contributed by atoms with Crippen LogP contribution in [0.15, 0.2) is 35.7 Å². The Morgan fingerprint density at radius 2 is 2.00 bits per heavy atom. The summed E-state index contributed by atoms with van der Waals surface area (Å²) < 4.78 is 7.29. The van der Waals surface area contributed by atoms with Gasteiger partial charge in [0.15, 0.2) is 5.16 Å². The second kappa shape index (κ2) is 8.55. The van der Waals surface area contributed by atoms with Gasteiger partial charge in [-0.1, -0.05) is 30.8 Å². The number of thioether (sulfide) groups is 1. The van der Waals surface area contributed by atoms with Gasteiger partial charge >= 0.3 is 0 Å². The van der Waals surface area contributed by atoms with Gasteiger partial charge in [-0.2, -0.15) is 0 Å². The molecule has 7 nitrogen and oxygen atoms in total. The zero-order valence-electron chi connectivity index (χ0n) is 15.5. The number of para-hydroxylation sites is 2. The predicted molar refractivity (Wildman–Crippen MR) is 102 cm³/mol. The lowest BCUT2D eigenvalue weighted by atomic mass is 10.3. The fourth-order valence-corrected chi connectivity index (χ4v) is 3.97. The SMILES string of the molecule is CCN1CCN(C(=O)C(C)Sc2nncn2-c2ccccc2OC)CC1. The van der Waals surface area contributed by atoms with Crippen molar-refractivity contribution in [2.24, 2.45) is 0 Å². The van der Waals surface area contributed by atoms with Gasteiger partial charge in [0.25, 0.3) is 0 Å². The lowest BCUT2D eigenvalue weighted by Crippen LogP contribution is -2.50. The quantitative estimate of drug-likeness (QED) is 0.719. The van der Waals surface area contributed by atoms with E-state index >= 15 is 0 Å². The summed E-state index contributed by atoms with van der Waals surface area (Å²) in [5.41, 5.74) is 0.860. The van der Waals surface area contributed by atoms with Crippen molar-refractivity contribution in [3.63, 3.8) is 0 Å². The lowest BCUT2D eigenvalue weighted by Gasteiger charge is -2.35. The number of piperazine rings is 1. The van der Waals surface area contributed by atoms with Crippen molar-refractivity contribution in [3.8, 4) is 11.4 Å². The summed E-state index contributed by atoms with van der Waals surface area (Å²) in [6.07, 6.45) is 1.65. The molecular formula is C18H25N5O2S. The highest BCUT2D eigenvalue weighted by atomic mass is 32.2. The fraction of sp³-hybridized carbons (Fsp3) is 0.500. The molecule has 1 atom stereocenters. The zero-order chi connectivity index (χ0) is 18.5. The molecule has 8 heteroatoms. The third kappa shape index (κ3) is 4.02. The Morgan fingerprint density at radius 1 is 1.27 bits per heavy atom. The van der Waals surface area contributed by atoms with Crippen molar-refractivity contribution in [1.29, 1.82) is 0 Å². The lowest BCUT2D eigenvalue weighted by molar-refractivity contribution is -0.132. The van der Waals surface area contributed by atoms with Crippen LogP contribution in [0.25, 0.3) is 5.69 Å². The molecule has 1 aliphatic heterocycles. The molecule has 0 saturated carbocycles. The maximum absolute atomic E-state index is 12.8. The first-order valence-corrected chi connectivity index (χ1v) is 9.73. The minimum atomic E-state index is -0.221. The van der Waals surface area contributed by atoms with Crippen LogP contribution in [-0.4, -0.2) is 75.6 Å². The van der Waals surface area contributed by atoms with E-state index < -0.39 is 0 Å². The summed E-state index contributed by atoms with van der Waals surface area (Å²) in [6.45, 7) is 8.58. The molecule has 0 aliphatic carbocycles. The number of likely N-dealkylation sites (N-methyl/N-ethyl adjacent to an activating group) is 1. The zero-order valence-corrected chi connectivity index (χ0v) is 16.3. The number of amides is 1. The molecule has 3 rings (SSSR count). The molecule has 0 bridgehead atoms. The van der Waals surface area contributed by atoms with E-state index in [0.29, 0.717) is 5.16 Å². The second-order valence-corrected chi connectivity index (χ2v) is 7.48. The van der Waals surface area contributed by atoms with Gasteiger partial charge in [-0.25, -0.2) is 0 Å². The highest BCUT2D eigenvalue weighted by Gasteiger charge is 2.26. The minimum Gasteiger partial charge on any atom is -0.495 e. The number of hydrogen-bond donors (Lipinski definition) is 0. The molecule has 0 N–H and O–H groups in total. The van der Waals surface area contributed by atoms with Crippen molar-refractivity contribution in [3.05, 3.63) is 30.6 Å². The van der Waals surface area contributed by atoms with E-state index in [1.807, 2.05) is 40.7 Å². The predicted octanol–water partition coefficient (Wildman–Crippen LogP) is 1.92. The van der Waals surface area contributed by atoms with Crippen LogP contribution in [0.4, 0.5) is 0 Å². The van der Waals surface area contributed by atoms with Crippen LogP contribution in [0, 0.1) is 0 Å². The molecule has 2 heterocycles. The summed E-state index contributed by atoms with van der Waals surface area (Å²) in [5.74, 6) is 0.893. The van der Waals surface area contributed by atoms with Crippen LogP contribution in [-0.2, 0) is 4.79 Å². The molecule has 1 amide bonds. The fourth-order valence-electron chi connectivity index (χ4n) is 3.05. The molecule has 0 spiro atoms. The molecule has 1 fully saturated rings. The standard InChI is InChI=1S/C18H25N5O2S/c1-4-21-9-11-22(12-10-21)17(24)14(2)26-18-20-19-13-23(18)15-7-5-6-8-16(15)25-3/h5-8,13-14H,4,9-12H2,1-3H3. The third-order valence-electron chi connectivity index (χ3n) is 4.62. The van der Waals surface area contributed by atoms with E-state index in [1.54, 1.807) is 13.4 Å². The number of ether oxygens (including phenoxy) is 1. The van der Waals surface area contributed by atoms with Crippen molar-refractivity contribution in [1.82, 2.24) is 24.6 Å². The molecule has 1 unspecified atom stereocenters. The largest absolute Gasteiger partial charge is 0.495 e. The maximum Gasteiger partial charge on any atom is 0.235 e. The van der Waals surface area contributed by atoms with Crippen LogP contribution >= 0.6 is 11.8 Å². The summed E-state index contributed by atoms with van der Waals surface area (Å²) in [4.78, 5) is 17.1. The number of nitrogens with zero attached hydrogens (tertiary/aromatic N) is 5. The van der Waals surface area contributed by atoms with Gasteiger partial charge in [0, 0.05) is 26.2 Å². The maximum atomic E-state index is 12.8. The Bertz CT molecular complexity index is 743. The van der Waals surface area contributed by atoms with Crippen LogP contribution in [0.1, 0.15) is 13.8 Å². The topological polar surface area (TPSA) is 63.5 Å². The van der Waals surface area contributed by atoms with Crippen molar-refractivity contribution in [2.75, 3.05) is 39.8 Å². The summed E-state index contributed by atoms with van der Waals surface area (Å²) >= 11 is 1.43. The van der Waals surface area contributed by atoms with E-state index in [9.17, 15) is 4.79 Å². The van der Waals surface area contributed by atoms with Gasteiger partial charge in [0.2, 0.25) is 5.91 Å². The van der Waals surface area contributed by atoms with Gasteiger partial charge in [0.1, 0.15) is 12.1 Å². The summed E-state index contributed by atoms with van der Waals surface area (Å²) in [5, 5.41) is 8.69. The Balaban J connectivity index is 1.70. The van der Waals surface area contributed by atoms with Crippen molar-refractivity contribution in [2.45, 2.75) is 24.3 Å². The molecule has 1 saturated heterocycles. The molecule has 1 aromatic carbocycles. The number of carbonyl (C=O) groups is 1. The third-order valence-corrected chi connectivity index (χ3v) is 5.67. The van der Waals surface area contributed by atoms with E-state index in [2.05, 4.69) is 22.0 Å². The van der Waals surface area contributed by atoms with E-state index in [4.69, 9.17) is 4.74 Å². The number of methoxy groups -OCH3 is 1. The minimum absolute atomic E-state index is 0.153. The van der Waals surface area contributed by atoms with Gasteiger partial charge in [0.05, 0.1) is 18.0 Å². The van der Waals surface area contributed by atoms with E-state index in [0.717, 1.165) is 44.2 Å². The number of hydrogen-bond acceptors (Lipinski definition) is 6. The smallest absolute Gasteiger partial charge is 0.235 e. The van der Waals surface area contributed by atoms with Crippen LogP contribution < -0.4 is 4.74 Å². The summed E-state index contributed by atoms with van der Waals surface area (Å²) in [7, 11) is 1.64. The first kappa shape index (κ1) is 18.7. The van der Waals surface area contributed by atoms with Gasteiger partial charge in [-0.3, -0.25) is 9.36 Å². The Morgan fingerprint density at radius 3 is 2.69 bits per heavy atom. The molecule has 140 valence electrons. The molecule has 1 aromatic heterocycles. The van der Waals surface area contributed by atoms with Crippen LogP contribution in [0.5, 0.6) is 5.75 Å². The number of rotatable bonds is 6. The number of benzene rings is 1. The molecule has 26 heavy (non-hydrogen) atoms. The number of carbonyl (C=O) groups excluding carboxylic acids is 1. The van der Waals surface area contributed by atoms with Gasteiger partial charge in [-0.15, -0.1) is 10.2 Å². The first-order valence-electron chi connectivity index (χ1n) is 8.85. The molecule has 0 radical (unpaired) electrons. The van der Waals surface area contributed by atoms with Crippen molar-refractivity contribution >= 4 is 17.7 Å². The molecule has 2 aromatic rings. The molecule has 1 aliphatic rings. The van der Waals surface area contributed by atoms with E-state index in [1.165, 1.54) is 11.8 Å². The normalized spacial score (nSPS) is 16.5. The first-order chi connectivity index (χ1) is 12.6. The average Bonchev–Trinajstić information content (AvgIpc) is 3.15. The average molecular weight is 375 g/mol. The second-order valence-electron chi connectivity index (χ2n) is 6.17. The van der Waals surface area contributed by atoms with Crippen LogP contribution in [0.3, 0.4) is 0 Å².